The van der Waals surface area contributed by atoms with Crippen molar-refractivity contribution < 1.29 is 34.2 Å². The highest BCUT2D eigenvalue weighted by Crippen LogP contribution is 2.20. The van der Waals surface area contributed by atoms with Crippen LogP contribution >= 0.6 is 12.6 Å². The van der Waals surface area contributed by atoms with Crippen LogP contribution in [0.2, 0.25) is 0 Å². The van der Waals surface area contributed by atoms with E-state index in [9.17, 15) is 29.1 Å². The Kier molecular flexibility index (Phi) is 14.0. The highest BCUT2D eigenvalue weighted by Gasteiger charge is 2.26. The third-order valence-corrected chi connectivity index (χ3v) is 6.16. The smallest absolute Gasteiger partial charge is 0.326 e. The quantitative estimate of drug-likeness (QED) is 0.0848. The number of ketones is 1. The molecule has 4 atom stereocenters. The molecule has 7 N–H and O–H groups in total. The molecule has 1 aliphatic rings. The van der Waals surface area contributed by atoms with E-state index >= 15 is 0 Å². The van der Waals surface area contributed by atoms with Crippen LogP contribution in [0.5, 0.6) is 0 Å². The molecule has 0 fully saturated rings. The van der Waals surface area contributed by atoms with Gasteiger partial charge in [0.25, 0.3) is 0 Å². The fraction of sp³-hybridized carbons (Fsp3) is 0.625. The van der Waals surface area contributed by atoms with Crippen LogP contribution in [-0.4, -0.2) is 76.7 Å². The van der Waals surface area contributed by atoms with Gasteiger partial charge in [0.15, 0.2) is 5.78 Å². The largest absolute Gasteiger partial charge is 0.480 e. The average Bonchev–Trinajstić information content (AvgIpc) is 2.81. The van der Waals surface area contributed by atoms with Crippen molar-refractivity contribution in [3.05, 3.63) is 23.3 Å². The van der Waals surface area contributed by atoms with E-state index in [0.717, 1.165) is 11.1 Å². The number of hydrogen-bond donors (Lipinski definition) is 7. The molecule has 4 unspecified atom stereocenters. The molecule has 1 rings (SSSR count). The van der Waals surface area contributed by atoms with E-state index in [1.807, 2.05) is 26.0 Å². The lowest BCUT2D eigenvalue weighted by Crippen LogP contribution is -2.52. The summed E-state index contributed by atoms with van der Waals surface area (Å²) in [5.74, 6) is -3.35. The number of thiol groups is 1. The van der Waals surface area contributed by atoms with Crippen molar-refractivity contribution in [2.24, 2.45) is 11.7 Å². The fourth-order valence-corrected chi connectivity index (χ4v) is 3.83. The first-order valence-corrected chi connectivity index (χ1v) is 12.6. The predicted molar refractivity (Wildman–Crippen MR) is 138 cm³/mol. The Balaban J connectivity index is 2.43. The molecule has 0 aromatic rings. The number of amides is 2. The third kappa shape index (κ3) is 11.4. The molecule has 36 heavy (non-hydrogen) atoms. The minimum Gasteiger partial charge on any atom is -0.480 e. The Morgan fingerprint density at radius 3 is 2.39 bits per heavy atom. The summed E-state index contributed by atoms with van der Waals surface area (Å²) in [6.07, 6.45) is 5.51. The van der Waals surface area contributed by atoms with Gasteiger partial charge < -0.3 is 31.9 Å². The maximum Gasteiger partial charge on any atom is 0.326 e. The van der Waals surface area contributed by atoms with Gasteiger partial charge in [0.2, 0.25) is 11.8 Å². The number of carbonyl (C=O) groups excluding carboxylic acids is 3. The van der Waals surface area contributed by atoms with Gasteiger partial charge in [0, 0.05) is 30.7 Å². The van der Waals surface area contributed by atoms with Crippen LogP contribution in [-0.2, 0) is 24.0 Å². The van der Waals surface area contributed by atoms with E-state index in [4.69, 9.17) is 10.8 Å². The molecule has 0 aromatic heterocycles. The average molecular weight is 527 g/mol. The van der Waals surface area contributed by atoms with E-state index in [0.29, 0.717) is 32.4 Å². The Labute approximate surface area is 216 Å². The summed E-state index contributed by atoms with van der Waals surface area (Å²) >= 11 is 4.04. The first-order chi connectivity index (χ1) is 17.0. The van der Waals surface area contributed by atoms with Gasteiger partial charge in [-0.25, -0.2) is 4.79 Å². The topological polar surface area (TPSA) is 188 Å². The highest BCUT2D eigenvalue weighted by atomic mass is 32.1. The predicted octanol–water partition coefficient (Wildman–Crippen LogP) is 0.404. The molecule has 0 saturated heterocycles. The second-order valence-corrected chi connectivity index (χ2v) is 9.38. The number of aliphatic carboxylic acids is 2. The van der Waals surface area contributed by atoms with Crippen LogP contribution in [0.3, 0.4) is 0 Å². The molecule has 12 heteroatoms. The van der Waals surface area contributed by atoms with Gasteiger partial charge in [-0.3, -0.25) is 19.2 Å². The summed E-state index contributed by atoms with van der Waals surface area (Å²) < 4.78 is 0. The standard InChI is InChI=1S/C24H38N4O7S/c1-14-6-7-16(20(29)11-14)15(2)12-26-10-4-3-5-18(24(34)35)28-22(31)19(13-36)27-21(30)9-8-17(25)23(32)33/h6-7,14,17-19,26,36H,3-5,8-13,25H2,1-2H3,(H,27,30)(H,28,31)(H,32,33)(H,34,35). The zero-order chi connectivity index (χ0) is 27.3. The van der Waals surface area contributed by atoms with Crippen LogP contribution < -0.4 is 21.7 Å². The molecule has 202 valence electrons. The van der Waals surface area contributed by atoms with Crippen LogP contribution in [0.1, 0.15) is 52.4 Å². The number of rotatable bonds is 16. The summed E-state index contributed by atoms with van der Waals surface area (Å²) in [4.78, 5) is 58.9. The van der Waals surface area contributed by atoms with Crippen LogP contribution in [0.25, 0.3) is 0 Å². The lowest BCUT2D eigenvalue weighted by molar-refractivity contribution is -0.142. The van der Waals surface area contributed by atoms with Crippen molar-refractivity contribution in [1.29, 1.82) is 0 Å². The maximum absolute atomic E-state index is 12.5. The van der Waals surface area contributed by atoms with Gasteiger partial charge in [0.05, 0.1) is 0 Å². The molecular formula is C24H38N4O7S. The molecule has 0 aliphatic heterocycles. The van der Waals surface area contributed by atoms with Gasteiger partial charge in [-0.1, -0.05) is 19.1 Å². The Morgan fingerprint density at radius 1 is 1.11 bits per heavy atom. The van der Waals surface area contributed by atoms with Crippen LogP contribution in [0.4, 0.5) is 0 Å². The number of carboxylic acids is 2. The lowest BCUT2D eigenvalue weighted by Gasteiger charge is -2.20. The minimum atomic E-state index is -1.23. The molecule has 0 heterocycles. The maximum atomic E-state index is 12.5. The molecule has 0 saturated carbocycles. The molecule has 0 bridgehead atoms. The zero-order valence-electron chi connectivity index (χ0n) is 20.8. The Hall–Kier alpha value is -2.70. The van der Waals surface area contributed by atoms with Crippen molar-refractivity contribution in [1.82, 2.24) is 16.0 Å². The molecule has 11 nitrogen and oxygen atoms in total. The van der Waals surface area contributed by atoms with Crippen LogP contribution in [0.15, 0.2) is 23.3 Å². The van der Waals surface area contributed by atoms with Gasteiger partial charge in [-0.15, -0.1) is 0 Å². The van der Waals surface area contributed by atoms with Crippen molar-refractivity contribution in [3.8, 4) is 0 Å². The molecule has 1 aliphatic carbocycles. The van der Waals surface area contributed by atoms with E-state index in [2.05, 4.69) is 28.6 Å². The fourth-order valence-electron chi connectivity index (χ4n) is 3.57. The highest BCUT2D eigenvalue weighted by molar-refractivity contribution is 7.80. The summed E-state index contributed by atoms with van der Waals surface area (Å²) in [7, 11) is 0. The lowest BCUT2D eigenvalue weighted by atomic mass is 9.90. The molecule has 0 aromatic carbocycles. The van der Waals surface area contributed by atoms with E-state index in [1.165, 1.54) is 0 Å². The van der Waals surface area contributed by atoms with Crippen molar-refractivity contribution in [2.75, 3.05) is 18.8 Å². The number of nitrogens with one attached hydrogen (secondary N) is 3. The summed E-state index contributed by atoms with van der Waals surface area (Å²) in [6.45, 7) is 5.09. The van der Waals surface area contributed by atoms with E-state index in [1.54, 1.807) is 0 Å². The Bertz CT molecular complexity index is 875. The molecule has 0 spiro atoms. The number of hydrogen-bond acceptors (Lipinski definition) is 8. The first-order valence-electron chi connectivity index (χ1n) is 12.0. The van der Waals surface area contributed by atoms with Crippen molar-refractivity contribution in [2.45, 2.75) is 70.5 Å². The SMILES string of the molecule is CC(CNCCCCC(NC(=O)C(CS)NC(=O)CCC(N)C(=O)O)C(=O)O)=C1C=CC(C)CC1=O. The normalized spacial score (nSPS) is 19.2. The number of allylic oxidation sites excluding steroid dienone is 3. The first kappa shape index (κ1) is 31.3. The molecule has 0 radical (unpaired) electrons. The zero-order valence-corrected chi connectivity index (χ0v) is 21.7. The monoisotopic (exact) mass is 526 g/mol. The number of carboxylic acid groups (broad SMARTS) is 2. The Morgan fingerprint density at radius 2 is 1.81 bits per heavy atom. The number of unbranched alkanes of at least 4 members (excludes halogenated alkanes) is 1. The van der Waals surface area contributed by atoms with Gasteiger partial charge >= 0.3 is 11.9 Å². The van der Waals surface area contributed by atoms with Gasteiger partial charge in [-0.2, -0.15) is 12.6 Å². The third-order valence-electron chi connectivity index (χ3n) is 5.79. The van der Waals surface area contributed by atoms with Gasteiger partial charge in [-0.05, 0) is 50.6 Å². The number of Topliss-reactive ketones (excluding diaryl/α,β-unsaturated/α-hetero) is 1. The van der Waals surface area contributed by atoms with Crippen molar-refractivity contribution in [3.63, 3.8) is 0 Å². The van der Waals surface area contributed by atoms with Crippen molar-refractivity contribution >= 4 is 42.2 Å². The van der Waals surface area contributed by atoms with Gasteiger partial charge in [0.1, 0.15) is 18.1 Å². The minimum absolute atomic E-state index is 0.0652. The summed E-state index contributed by atoms with van der Waals surface area (Å²) in [6, 6.07) is -3.39. The molecular weight excluding hydrogens is 488 g/mol. The van der Waals surface area contributed by atoms with E-state index in [-0.39, 0.29) is 36.7 Å². The second kappa shape index (κ2) is 16.1. The number of nitrogens with two attached hydrogens (primary N) is 1. The van der Waals surface area contributed by atoms with Crippen LogP contribution in [0, 0.1) is 5.92 Å². The van der Waals surface area contributed by atoms with E-state index < -0.39 is 41.9 Å². The second-order valence-electron chi connectivity index (χ2n) is 9.02. The summed E-state index contributed by atoms with van der Waals surface area (Å²) in [5.41, 5.74) is 7.06. The number of carbonyl (C=O) groups is 5. The molecule has 2 amide bonds. The summed E-state index contributed by atoms with van der Waals surface area (Å²) in [5, 5.41) is 26.3.